The molecule has 1 atom stereocenters. The minimum Gasteiger partial charge on any atom is -0.473 e. The number of aromatic nitrogens is 2. The molecule has 1 saturated carbocycles. The molecule has 26 heavy (non-hydrogen) atoms. The van der Waals surface area contributed by atoms with E-state index in [1.165, 1.54) is 38.2 Å². The van der Waals surface area contributed by atoms with Crippen LogP contribution >= 0.6 is 12.4 Å². The fraction of sp³-hybridized carbons (Fsp3) is 0.550. The molecule has 1 N–H and O–H groups in total. The molecule has 4 nitrogen and oxygen atoms in total. The van der Waals surface area contributed by atoms with Gasteiger partial charge in [0.2, 0.25) is 5.88 Å². The Labute approximate surface area is 161 Å². The first-order valence-corrected chi connectivity index (χ1v) is 9.28. The molecule has 0 bridgehead atoms. The average Bonchev–Trinajstić information content (AvgIpc) is 3.04. The Hall–Kier alpha value is -1.59. The molecule has 3 rings (SSSR count). The highest BCUT2D eigenvalue weighted by Gasteiger charge is 2.25. The molecule has 1 aromatic heterocycles. The molecule has 1 heterocycles. The summed E-state index contributed by atoms with van der Waals surface area (Å²) in [5.74, 6) is 1.13. The topological polar surface area (TPSA) is 39.1 Å². The van der Waals surface area contributed by atoms with Crippen molar-refractivity contribution in [3.05, 3.63) is 47.4 Å². The quantitative estimate of drug-likeness (QED) is 0.742. The third kappa shape index (κ3) is 4.98. The van der Waals surface area contributed by atoms with E-state index in [1.807, 2.05) is 23.9 Å². The first kappa shape index (κ1) is 20.7. The Bertz CT molecular complexity index is 685. The van der Waals surface area contributed by atoms with Gasteiger partial charge < -0.3 is 10.1 Å². The first-order chi connectivity index (χ1) is 12.2. The summed E-state index contributed by atoms with van der Waals surface area (Å²) in [5, 5.41) is 7.88. The van der Waals surface area contributed by atoms with E-state index in [2.05, 4.69) is 12.2 Å². The van der Waals surface area contributed by atoms with Gasteiger partial charge in [-0.05, 0) is 38.8 Å². The van der Waals surface area contributed by atoms with Crippen molar-refractivity contribution in [1.29, 1.82) is 0 Å². The highest BCUT2D eigenvalue weighted by Crippen LogP contribution is 2.35. The summed E-state index contributed by atoms with van der Waals surface area (Å²) >= 11 is 0. The Kier molecular flexibility index (Phi) is 7.91. The predicted molar refractivity (Wildman–Crippen MR) is 104 cm³/mol. The van der Waals surface area contributed by atoms with E-state index < -0.39 is 0 Å². The lowest BCUT2D eigenvalue weighted by Gasteiger charge is -2.28. The summed E-state index contributed by atoms with van der Waals surface area (Å²) in [4.78, 5) is 0. The molecule has 1 unspecified atom stereocenters. The molecule has 0 saturated heterocycles. The van der Waals surface area contributed by atoms with Gasteiger partial charge in [0, 0.05) is 18.2 Å². The third-order valence-electron chi connectivity index (χ3n) is 5.16. The maximum Gasteiger partial charge on any atom is 0.212 e. The SMILES string of the molecule is CNCc1cc(OCc2ccccc2F)n(C(C)C2CCCCC2)n1.Cl. The zero-order valence-electron chi connectivity index (χ0n) is 15.6. The van der Waals surface area contributed by atoms with Crippen LogP contribution in [0.15, 0.2) is 30.3 Å². The van der Waals surface area contributed by atoms with Gasteiger partial charge in [0.15, 0.2) is 0 Å². The lowest BCUT2D eigenvalue weighted by Crippen LogP contribution is -2.21. The van der Waals surface area contributed by atoms with Crippen molar-refractivity contribution < 1.29 is 9.13 Å². The second kappa shape index (κ2) is 9.93. The predicted octanol–water partition coefficient (Wildman–Crippen LogP) is 4.88. The van der Waals surface area contributed by atoms with Crippen LogP contribution in [0, 0.1) is 11.7 Å². The zero-order chi connectivity index (χ0) is 17.6. The van der Waals surface area contributed by atoms with Crippen LogP contribution in [0.5, 0.6) is 5.88 Å². The molecule has 1 fully saturated rings. The number of nitrogens with one attached hydrogen (secondary N) is 1. The number of benzene rings is 1. The van der Waals surface area contributed by atoms with Gasteiger partial charge in [-0.15, -0.1) is 12.4 Å². The fourth-order valence-electron chi connectivity index (χ4n) is 3.68. The fourth-order valence-corrected chi connectivity index (χ4v) is 3.68. The van der Waals surface area contributed by atoms with Gasteiger partial charge >= 0.3 is 0 Å². The molecule has 144 valence electrons. The molecule has 0 amide bonds. The normalized spacial score (nSPS) is 16.1. The highest BCUT2D eigenvalue weighted by atomic mass is 35.5. The lowest BCUT2D eigenvalue weighted by atomic mass is 9.85. The number of nitrogens with zero attached hydrogens (tertiary/aromatic N) is 2. The summed E-state index contributed by atoms with van der Waals surface area (Å²) in [6.45, 7) is 3.14. The molecular weight excluding hydrogens is 353 g/mol. The molecule has 0 spiro atoms. The lowest BCUT2D eigenvalue weighted by molar-refractivity contribution is 0.208. The van der Waals surface area contributed by atoms with Crippen molar-refractivity contribution in [2.45, 2.75) is 58.2 Å². The minimum absolute atomic E-state index is 0. The van der Waals surface area contributed by atoms with Crippen LogP contribution in [0.3, 0.4) is 0 Å². The number of rotatable bonds is 7. The second-order valence-corrected chi connectivity index (χ2v) is 6.97. The number of halogens is 2. The summed E-state index contributed by atoms with van der Waals surface area (Å²) in [7, 11) is 1.91. The summed E-state index contributed by atoms with van der Waals surface area (Å²) in [6, 6.07) is 9.01. The van der Waals surface area contributed by atoms with Crippen molar-refractivity contribution in [2.75, 3.05) is 7.05 Å². The Balaban J connectivity index is 0.00000243. The molecule has 1 aliphatic carbocycles. The summed E-state index contributed by atoms with van der Waals surface area (Å²) in [6.07, 6.45) is 6.42. The van der Waals surface area contributed by atoms with Gasteiger partial charge in [0.1, 0.15) is 12.4 Å². The van der Waals surface area contributed by atoms with Crippen LogP contribution in [-0.2, 0) is 13.2 Å². The second-order valence-electron chi connectivity index (χ2n) is 6.97. The van der Waals surface area contributed by atoms with E-state index in [1.54, 1.807) is 12.1 Å². The van der Waals surface area contributed by atoms with Crippen LogP contribution in [0.4, 0.5) is 4.39 Å². The Morgan fingerprint density at radius 3 is 2.69 bits per heavy atom. The average molecular weight is 382 g/mol. The van der Waals surface area contributed by atoms with E-state index in [0.29, 0.717) is 24.1 Å². The highest BCUT2D eigenvalue weighted by molar-refractivity contribution is 5.85. The van der Waals surface area contributed by atoms with Crippen molar-refractivity contribution in [2.24, 2.45) is 5.92 Å². The van der Waals surface area contributed by atoms with Gasteiger partial charge in [-0.2, -0.15) is 5.10 Å². The number of hydrogen-bond donors (Lipinski definition) is 1. The Morgan fingerprint density at radius 1 is 1.27 bits per heavy atom. The minimum atomic E-state index is -0.232. The molecule has 0 radical (unpaired) electrons. The largest absolute Gasteiger partial charge is 0.473 e. The van der Waals surface area contributed by atoms with E-state index in [-0.39, 0.29) is 24.8 Å². The van der Waals surface area contributed by atoms with Crippen LogP contribution in [0.25, 0.3) is 0 Å². The Morgan fingerprint density at radius 2 is 2.00 bits per heavy atom. The van der Waals surface area contributed by atoms with Gasteiger partial charge in [0.25, 0.3) is 0 Å². The van der Waals surface area contributed by atoms with Gasteiger partial charge in [-0.25, -0.2) is 9.07 Å². The van der Waals surface area contributed by atoms with Crippen molar-refractivity contribution in [3.63, 3.8) is 0 Å². The van der Waals surface area contributed by atoms with Crippen LogP contribution in [-0.4, -0.2) is 16.8 Å². The molecule has 1 aliphatic rings. The van der Waals surface area contributed by atoms with Crippen LogP contribution in [0.2, 0.25) is 0 Å². The van der Waals surface area contributed by atoms with E-state index in [9.17, 15) is 4.39 Å². The summed E-state index contributed by atoms with van der Waals surface area (Å²) < 4.78 is 21.8. The van der Waals surface area contributed by atoms with Gasteiger partial charge in [-0.1, -0.05) is 37.5 Å². The first-order valence-electron chi connectivity index (χ1n) is 9.28. The molecule has 6 heteroatoms. The van der Waals surface area contributed by atoms with Crippen molar-refractivity contribution >= 4 is 12.4 Å². The number of hydrogen-bond acceptors (Lipinski definition) is 3. The third-order valence-corrected chi connectivity index (χ3v) is 5.16. The molecular formula is C20H29ClFN3O. The smallest absolute Gasteiger partial charge is 0.212 e. The van der Waals surface area contributed by atoms with Crippen molar-refractivity contribution in [3.8, 4) is 5.88 Å². The molecule has 2 aromatic rings. The van der Waals surface area contributed by atoms with E-state index >= 15 is 0 Å². The summed E-state index contributed by atoms with van der Waals surface area (Å²) in [5.41, 5.74) is 1.52. The standard InChI is InChI=1S/C20H28FN3O.ClH/c1-15(16-8-4-3-5-9-16)24-20(12-18(23-24)13-22-2)25-14-17-10-6-7-11-19(17)21;/h6-7,10-12,15-16,22H,3-5,8-9,13-14H2,1-2H3;1H. The zero-order valence-corrected chi connectivity index (χ0v) is 16.4. The van der Waals surface area contributed by atoms with E-state index in [4.69, 9.17) is 9.84 Å². The maximum absolute atomic E-state index is 13.9. The van der Waals surface area contributed by atoms with Crippen molar-refractivity contribution in [1.82, 2.24) is 15.1 Å². The van der Waals surface area contributed by atoms with Crippen LogP contribution in [0.1, 0.15) is 56.3 Å². The molecule has 0 aliphatic heterocycles. The maximum atomic E-state index is 13.9. The monoisotopic (exact) mass is 381 g/mol. The number of ether oxygens (including phenoxy) is 1. The molecule has 1 aromatic carbocycles. The van der Waals surface area contributed by atoms with Gasteiger partial charge in [0.05, 0.1) is 11.7 Å². The van der Waals surface area contributed by atoms with Gasteiger partial charge in [-0.3, -0.25) is 0 Å². The van der Waals surface area contributed by atoms with E-state index in [0.717, 1.165) is 11.6 Å². The van der Waals surface area contributed by atoms with Crippen LogP contribution < -0.4 is 10.1 Å².